The normalized spacial score (nSPS) is 28.8. The number of hydrogen-bond donors (Lipinski definition) is 1. The van der Waals surface area contributed by atoms with E-state index in [1.54, 1.807) is 0 Å². The molecule has 134 valence electrons. The molecule has 0 saturated heterocycles. The van der Waals surface area contributed by atoms with Gasteiger partial charge in [0, 0.05) is 12.0 Å². The zero-order valence-electron chi connectivity index (χ0n) is 10.4. The van der Waals surface area contributed by atoms with Gasteiger partial charge in [-0.25, -0.2) is 9.18 Å². The maximum atomic E-state index is 14.0. The summed E-state index contributed by atoms with van der Waals surface area (Å²) in [7, 11) is 0. The van der Waals surface area contributed by atoms with E-state index in [1.165, 1.54) is 0 Å². The minimum atomic E-state index is -7.31. The average Bonchev–Trinajstić information content (AvgIpc) is 2.35. The van der Waals surface area contributed by atoms with Gasteiger partial charge in [0.15, 0.2) is 0 Å². The van der Waals surface area contributed by atoms with Crippen LogP contribution in [0, 0.1) is 0 Å². The quantitative estimate of drug-likeness (QED) is 0.608. The standard InChI is InChI=1S/C10H5F11O2/c1-3(4(22)23)2-5(11)6(12,13)8(16,17)10(20,21)9(18,19)7(5,14)15/h1-2H2,(H,22,23). The van der Waals surface area contributed by atoms with Crippen LogP contribution < -0.4 is 0 Å². The molecule has 0 bridgehead atoms. The molecule has 0 radical (unpaired) electrons. The fourth-order valence-corrected chi connectivity index (χ4v) is 1.88. The van der Waals surface area contributed by atoms with E-state index in [0.717, 1.165) is 0 Å². The van der Waals surface area contributed by atoms with Crippen LogP contribution in [-0.2, 0) is 4.79 Å². The molecule has 0 spiro atoms. The lowest BCUT2D eigenvalue weighted by Crippen LogP contribution is -2.83. The lowest BCUT2D eigenvalue weighted by Gasteiger charge is -2.52. The van der Waals surface area contributed by atoms with Crippen LogP contribution in [0.5, 0.6) is 0 Å². The van der Waals surface area contributed by atoms with Crippen molar-refractivity contribution in [2.45, 2.75) is 41.7 Å². The minimum Gasteiger partial charge on any atom is -0.478 e. The molecule has 1 rings (SSSR count). The van der Waals surface area contributed by atoms with Crippen molar-refractivity contribution in [2.75, 3.05) is 0 Å². The Kier molecular flexibility index (Phi) is 3.81. The van der Waals surface area contributed by atoms with Crippen molar-refractivity contribution >= 4 is 5.97 Å². The van der Waals surface area contributed by atoms with Crippen molar-refractivity contribution in [3.05, 3.63) is 12.2 Å². The monoisotopic (exact) mass is 366 g/mol. The zero-order chi connectivity index (χ0) is 18.9. The summed E-state index contributed by atoms with van der Waals surface area (Å²) >= 11 is 0. The van der Waals surface area contributed by atoms with E-state index in [4.69, 9.17) is 5.11 Å². The predicted molar refractivity (Wildman–Crippen MR) is 50.0 cm³/mol. The van der Waals surface area contributed by atoms with Crippen LogP contribution in [0.1, 0.15) is 6.42 Å². The van der Waals surface area contributed by atoms with E-state index in [-0.39, 0.29) is 0 Å². The third-order valence-electron chi connectivity index (χ3n) is 3.33. The SMILES string of the molecule is C=C(CC1(F)C(F)(F)C(F)(F)C(F)(F)C(F)(F)C1(F)F)C(=O)O. The highest BCUT2D eigenvalue weighted by molar-refractivity contribution is 5.86. The molecule has 0 atom stereocenters. The summed E-state index contributed by atoms with van der Waals surface area (Å²) in [6, 6.07) is 0. The first-order chi connectivity index (χ1) is 9.83. The number of rotatable bonds is 3. The molecule has 2 nitrogen and oxygen atoms in total. The molecule has 23 heavy (non-hydrogen) atoms. The summed E-state index contributed by atoms with van der Waals surface area (Å²) in [5, 5.41) is 8.25. The first-order valence-corrected chi connectivity index (χ1v) is 5.32. The van der Waals surface area contributed by atoms with Crippen molar-refractivity contribution in [3.8, 4) is 0 Å². The van der Waals surface area contributed by atoms with Gasteiger partial charge >= 0.3 is 35.6 Å². The predicted octanol–water partition coefficient (Wildman–Crippen LogP) is 3.92. The van der Waals surface area contributed by atoms with Gasteiger partial charge in [-0.3, -0.25) is 0 Å². The van der Waals surface area contributed by atoms with E-state index in [2.05, 4.69) is 6.58 Å². The van der Waals surface area contributed by atoms with Crippen LogP contribution in [0.2, 0.25) is 0 Å². The summed E-state index contributed by atoms with van der Waals surface area (Å²) in [6.07, 6.45) is -2.94. The van der Waals surface area contributed by atoms with Gasteiger partial charge in [-0.05, 0) is 0 Å². The van der Waals surface area contributed by atoms with Crippen LogP contribution in [0.15, 0.2) is 12.2 Å². The number of halogens is 11. The van der Waals surface area contributed by atoms with Gasteiger partial charge in [0.25, 0.3) is 5.67 Å². The maximum absolute atomic E-state index is 14.0. The molecule has 0 aromatic rings. The van der Waals surface area contributed by atoms with Gasteiger partial charge in [0.05, 0.1) is 0 Å². The largest absolute Gasteiger partial charge is 0.478 e. The Morgan fingerprint density at radius 1 is 0.696 bits per heavy atom. The van der Waals surface area contributed by atoms with Gasteiger partial charge in [0.1, 0.15) is 0 Å². The van der Waals surface area contributed by atoms with Crippen molar-refractivity contribution in [2.24, 2.45) is 0 Å². The fraction of sp³-hybridized carbons (Fsp3) is 0.700. The molecule has 0 aromatic heterocycles. The molecule has 0 heterocycles. The molecular formula is C10H5F11O2. The highest BCUT2D eigenvalue weighted by atomic mass is 19.4. The van der Waals surface area contributed by atoms with Gasteiger partial charge in [-0.15, -0.1) is 0 Å². The number of hydrogen-bond acceptors (Lipinski definition) is 1. The summed E-state index contributed by atoms with van der Waals surface area (Å²) in [5.41, 5.74) is -8.26. The second-order valence-electron chi connectivity index (χ2n) is 4.76. The molecule has 1 aliphatic carbocycles. The molecule has 0 aromatic carbocycles. The Bertz CT molecular complexity index is 521. The minimum absolute atomic E-state index is 1.93. The van der Waals surface area contributed by atoms with Crippen LogP contribution in [-0.4, -0.2) is 46.4 Å². The van der Waals surface area contributed by atoms with E-state index in [9.17, 15) is 53.1 Å². The van der Waals surface area contributed by atoms with E-state index >= 15 is 0 Å². The van der Waals surface area contributed by atoms with Gasteiger partial charge in [0.2, 0.25) is 0 Å². The third kappa shape index (κ3) is 1.84. The molecule has 1 aliphatic rings. The first kappa shape index (κ1) is 19.5. The topological polar surface area (TPSA) is 37.3 Å². The Balaban J connectivity index is 3.75. The number of carboxylic acid groups (broad SMARTS) is 1. The van der Waals surface area contributed by atoms with Crippen LogP contribution in [0.25, 0.3) is 0 Å². The van der Waals surface area contributed by atoms with E-state index < -0.39 is 53.2 Å². The van der Waals surface area contributed by atoms with Crippen LogP contribution in [0.3, 0.4) is 0 Å². The molecule has 1 saturated carbocycles. The van der Waals surface area contributed by atoms with E-state index in [1.807, 2.05) is 0 Å². The Hall–Kier alpha value is -1.56. The zero-order valence-corrected chi connectivity index (χ0v) is 10.4. The second-order valence-corrected chi connectivity index (χ2v) is 4.76. The molecule has 1 fully saturated rings. The second kappa shape index (κ2) is 4.50. The van der Waals surface area contributed by atoms with Crippen molar-refractivity contribution in [3.63, 3.8) is 0 Å². The lowest BCUT2D eigenvalue weighted by molar-refractivity contribution is -0.484. The number of carboxylic acids is 1. The lowest BCUT2D eigenvalue weighted by atomic mass is 9.70. The summed E-state index contributed by atoms with van der Waals surface area (Å²) in [5.74, 6) is -38.3. The maximum Gasteiger partial charge on any atom is 0.384 e. The molecule has 0 unspecified atom stereocenters. The Morgan fingerprint density at radius 2 is 0.957 bits per heavy atom. The van der Waals surface area contributed by atoms with Crippen molar-refractivity contribution in [1.29, 1.82) is 0 Å². The van der Waals surface area contributed by atoms with Crippen LogP contribution >= 0.6 is 0 Å². The van der Waals surface area contributed by atoms with Gasteiger partial charge < -0.3 is 5.11 Å². The van der Waals surface area contributed by atoms with Gasteiger partial charge in [-0.1, -0.05) is 6.58 Å². The number of alkyl halides is 11. The summed E-state index contributed by atoms with van der Waals surface area (Å²) in [6.45, 7) is 2.27. The van der Waals surface area contributed by atoms with Crippen molar-refractivity contribution in [1.82, 2.24) is 0 Å². The first-order valence-electron chi connectivity index (χ1n) is 5.32. The summed E-state index contributed by atoms with van der Waals surface area (Å²) < 4.78 is 145. The third-order valence-corrected chi connectivity index (χ3v) is 3.33. The molecule has 13 heteroatoms. The molecule has 0 aliphatic heterocycles. The smallest absolute Gasteiger partial charge is 0.384 e. The van der Waals surface area contributed by atoms with Gasteiger partial charge in [-0.2, -0.15) is 43.9 Å². The highest BCUT2D eigenvalue weighted by Gasteiger charge is 3.00. The highest BCUT2D eigenvalue weighted by Crippen LogP contribution is 2.70. The number of carbonyl (C=O) groups is 1. The average molecular weight is 366 g/mol. The molecule has 0 amide bonds. The molecule has 1 N–H and O–H groups in total. The fourth-order valence-electron chi connectivity index (χ4n) is 1.88. The van der Waals surface area contributed by atoms with Crippen LogP contribution in [0.4, 0.5) is 48.3 Å². The Morgan fingerprint density at radius 3 is 1.22 bits per heavy atom. The van der Waals surface area contributed by atoms with Crippen molar-refractivity contribution < 1.29 is 58.2 Å². The van der Waals surface area contributed by atoms with E-state index in [0.29, 0.717) is 0 Å². The molecular weight excluding hydrogens is 361 g/mol. The Labute approximate surface area is 119 Å². The summed E-state index contributed by atoms with van der Waals surface area (Å²) in [4.78, 5) is 10.3. The number of aliphatic carboxylic acids is 1.